The van der Waals surface area contributed by atoms with Crippen LogP contribution in [0.5, 0.6) is 0 Å². The maximum Gasteiger partial charge on any atom is 2.00 e. The van der Waals surface area contributed by atoms with Crippen molar-refractivity contribution < 1.29 is 23.7 Å². The smallest absolute Gasteiger partial charge is 0.780 e. The van der Waals surface area contributed by atoms with Crippen LogP contribution in [0.3, 0.4) is 0 Å². The van der Waals surface area contributed by atoms with Crippen LogP contribution in [0.15, 0.2) is 0 Å². The second-order valence-electron chi connectivity index (χ2n) is 2.15. The number of carbonyl (C=O) groups is 1. The molecule has 0 aliphatic rings. The van der Waals surface area contributed by atoms with Gasteiger partial charge in [0.15, 0.2) is 5.96 Å². The fourth-order valence-electron chi connectivity index (χ4n) is 0.432. The molecule has 0 atom stereocenters. The number of hydrogen-bond acceptors (Lipinski definition) is 6. The molecule has 76 valence electrons. The van der Waals surface area contributed by atoms with E-state index in [4.69, 9.17) is 11.1 Å². The van der Waals surface area contributed by atoms with Gasteiger partial charge in [0.1, 0.15) is 14.4 Å². The molecular formula is C4H8CaN3O5P. The SMILES string of the molecule is CN(CC(=O)OP(=O)([O-])[O-])C(=N)N.[Ca+2]. The van der Waals surface area contributed by atoms with Crippen LogP contribution in [0.25, 0.3) is 0 Å². The average Bonchev–Trinajstić information content (AvgIpc) is 1.81. The minimum absolute atomic E-state index is 0. The third kappa shape index (κ3) is 8.73. The first-order valence-electron chi connectivity index (χ1n) is 3.02. The van der Waals surface area contributed by atoms with Crippen molar-refractivity contribution in [1.29, 1.82) is 5.41 Å². The van der Waals surface area contributed by atoms with E-state index >= 15 is 0 Å². The number of phosphoric ester groups is 1. The zero-order valence-electron chi connectivity index (χ0n) is 7.43. The summed E-state index contributed by atoms with van der Waals surface area (Å²) < 4.78 is 13.4. The summed E-state index contributed by atoms with van der Waals surface area (Å²) in [4.78, 5) is 31.3. The predicted molar refractivity (Wildman–Crippen MR) is 44.0 cm³/mol. The number of nitrogens with one attached hydrogen (secondary N) is 1. The fraction of sp³-hybridized carbons (Fsp3) is 0.500. The Balaban J connectivity index is 0. The number of carbonyl (C=O) groups excluding carboxylic acids is 1. The van der Waals surface area contributed by atoms with Crippen LogP contribution >= 0.6 is 7.82 Å². The van der Waals surface area contributed by atoms with E-state index in [1.54, 1.807) is 0 Å². The van der Waals surface area contributed by atoms with Crippen molar-refractivity contribution in [1.82, 2.24) is 4.90 Å². The molecule has 10 heteroatoms. The van der Waals surface area contributed by atoms with Crippen molar-refractivity contribution in [3.63, 3.8) is 0 Å². The Kier molecular flexibility index (Phi) is 7.81. The standard InChI is InChI=1S/C4H10N3O5P.Ca/c1-7(4(5)6)2-3(8)12-13(9,10)11;/h2H2,1H3,(H3,5,6)(H2,9,10,11);/q;+2/p-2. The fourth-order valence-corrected chi connectivity index (χ4v) is 0.740. The van der Waals surface area contributed by atoms with E-state index in [1.165, 1.54) is 7.05 Å². The predicted octanol–water partition coefficient (Wildman–Crippen LogP) is -3.20. The van der Waals surface area contributed by atoms with Crippen molar-refractivity contribution in [2.24, 2.45) is 5.73 Å². The summed E-state index contributed by atoms with van der Waals surface area (Å²) in [7, 11) is -4.03. The first kappa shape index (κ1) is 16.6. The van der Waals surface area contributed by atoms with Gasteiger partial charge < -0.3 is 29.5 Å². The van der Waals surface area contributed by atoms with Gasteiger partial charge in [0.25, 0.3) is 0 Å². The normalized spacial score (nSPS) is 9.93. The Hall–Kier alpha value is 0.150. The summed E-state index contributed by atoms with van der Waals surface area (Å²) in [6.07, 6.45) is 0. The molecule has 0 radical (unpaired) electrons. The molecule has 0 rings (SSSR count). The second-order valence-corrected chi connectivity index (χ2v) is 3.23. The first-order valence-corrected chi connectivity index (χ1v) is 4.48. The molecule has 0 aromatic rings. The largest absolute Gasteiger partial charge is 2.00 e. The van der Waals surface area contributed by atoms with Crippen LogP contribution in [0.4, 0.5) is 0 Å². The number of phosphoric acid groups is 1. The quantitative estimate of drug-likeness (QED) is 0.232. The summed E-state index contributed by atoms with van der Waals surface area (Å²) in [5, 5.41) is 6.80. The van der Waals surface area contributed by atoms with Crippen LogP contribution in [0, 0.1) is 5.41 Å². The number of rotatable bonds is 3. The van der Waals surface area contributed by atoms with Gasteiger partial charge in [-0.3, -0.25) is 5.41 Å². The third-order valence-electron chi connectivity index (χ3n) is 0.991. The van der Waals surface area contributed by atoms with Gasteiger partial charge in [0, 0.05) is 7.05 Å². The Bertz CT molecular complexity index is 266. The summed E-state index contributed by atoms with van der Waals surface area (Å²) >= 11 is 0. The molecule has 0 saturated heterocycles. The summed E-state index contributed by atoms with van der Waals surface area (Å²) in [5.74, 6) is -1.71. The van der Waals surface area contributed by atoms with E-state index in [1.807, 2.05) is 0 Å². The molecule has 0 unspecified atom stereocenters. The summed E-state index contributed by atoms with van der Waals surface area (Å²) in [6, 6.07) is 0. The molecule has 0 aliphatic carbocycles. The molecule has 0 spiro atoms. The summed E-state index contributed by atoms with van der Waals surface area (Å²) in [5.41, 5.74) is 4.92. The van der Waals surface area contributed by atoms with Gasteiger partial charge in [-0.2, -0.15) is 0 Å². The summed E-state index contributed by atoms with van der Waals surface area (Å²) in [6.45, 7) is -0.566. The van der Waals surface area contributed by atoms with E-state index in [0.29, 0.717) is 0 Å². The van der Waals surface area contributed by atoms with Crippen molar-refractivity contribution >= 4 is 57.5 Å². The van der Waals surface area contributed by atoms with E-state index in [-0.39, 0.29) is 37.7 Å². The monoisotopic (exact) mass is 249 g/mol. The van der Waals surface area contributed by atoms with Gasteiger partial charge >= 0.3 is 43.7 Å². The molecule has 0 aromatic carbocycles. The Morgan fingerprint density at radius 2 is 2.07 bits per heavy atom. The Morgan fingerprint density at radius 1 is 1.64 bits per heavy atom. The van der Waals surface area contributed by atoms with Crippen molar-refractivity contribution in [3.8, 4) is 0 Å². The average molecular weight is 249 g/mol. The van der Waals surface area contributed by atoms with Crippen LogP contribution in [0.2, 0.25) is 0 Å². The van der Waals surface area contributed by atoms with Gasteiger partial charge in [0.05, 0.1) is 0 Å². The van der Waals surface area contributed by atoms with Gasteiger partial charge in [0.2, 0.25) is 0 Å². The molecule has 0 aliphatic heterocycles. The molecule has 3 N–H and O–H groups in total. The topological polar surface area (TPSA) is 143 Å². The van der Waals surface area contributed by atoms with E-state index in [2.05, 4.69) is 4.52 Å². The minimum atomic E-state index is -5.30. The maximum atomic E-state index is 10.6. The van der Waals surface area contributed by atoms with Gasteiger partial charge in [-0.25, -0.2) is 4.79 Å². The van der Waals surface area contributed by atoms with Crippen LogP contribution in [-0.2, 0) is 13.9 Å². The van der Waals surface area contributed by atoms with Crippen LogP contribution in [-0.4, -0.2) is 68.2 Å². The number of nitrogens with two attached hydrogens (primary N) is 1. The van der Waals surface area contributed by atoms with E-state index < -0.39 is 26.3 Å². The van der Waals surface area contributed by atoms with Gasteiger partial charge in [-0.05, 0) is 0 Å². The molecule has 8 nitrogen and oxygen atoms in total. The molecule has 0 saturated carbocycles. The van der Waals surface area contributed by atoms with Crippen LogP contribution < -0.4 is 15.5 Å². The number of likely N-dealkylation sites (N-methyl/N-ethyl adjacent to an activating group) is 1. The van der Waals surface area contributed by atoms with Crippen molar-refractivity contribution in [2.75, 3.05) is 13.6 Å². The minimum Gasteiger partial charge on any atom is -0.780 e. The molecule has 0 amide bonds. The van der Waals surface area contributed by atoms with Crippen LogP contribution in [0.1, 0.15) is 0 Å². The third-order valence-corrected chi connectivity index (χ3v) is 1.42. The van der Waals surface area contributed by atoms with Gasteiger partial charge in [-0.15, -0.1) is 0 Å². The molecular weight excluding hydrogens is 241 g/mol. The van der Waals surface area contributed by atoms with Gasteiger partial charge in [-0.1, -0.05) is 0 Å². The van der Waals surface area contributed by atoms with E-state index in [0.717, 1.165) is 4.90 Å². The number of nitrogens with zero attached hydrogens (tertiary/aromatic N) is 1. The molecule has 0 heterocycles. The van der Waals surface area contributed by atoms with Crippen molar-refractivity contribution in [2.45, 2.75) is 0 Å². The molecule has 0 aromatic heterocycles. The Morgan fingerprint density at radius 3 is 2.36 bits per heavy atom. The van der Waals surface area contributed by atoms with Crippen molar-refractivity contribution in [3.05, 3.63) is 0 Å². The molecule has 14 heavy (non-hydrogen) atoms. The number of hydrogen-bond donors (Lipinski definition) is 2. The second kappa shape index (κ2) is 6.60. The van der Waals surface area contributed by atoms with E-state index in [9.17, 15) is 19.1 Å². The zero-order valence-corrected chi connectivity index (χ0v) is 10.5. The Labute approximate surface area is 110 Å². The molecule has 0 bridgehead atoms. The first-order chi connectivity index (χ1) is 5.72. The molecule has 0 fully saturated rings. The number of guanidine groups is 1. The zero-order chi connectivity index (χ0) is 10.6. The maximum absolute atomic E-state index is 10.6.